The van der Waals surface area contributed by atoms with Gasteiger partial charge >= 0.3 is 5.97 Å². The third-order valence-corrected chi connectivity index (χ3v) is 3.22. The molecule has 94 valence electrons. The summed E-state index contributed by atoms with van der Waals surface area (Å²) in [6, 6.07) is 7.96. The summed E-state index contributed by atoms with van der Waals surface area (Å²) in [4.78, 5) is 11.1. The summed E-state index contributed by atoms with van der Waals surface area (Å²) in [5, 5.41) is 9.14. The second-order valence-electron chi connectivity index (χ2n) is 5.56. The van der Waals surface area contributed by atoms with Gasteiger partial charge in [0.25, 0.3) is 0 Å². The van der Waals surface area contributed by atoms with Gasteiger partial charge in [-0.25, -0.2) is 0 Å². The van der Waals surface area contributed by atoms with Crippen molar-refractivity contribution in [3.05, 3.63) is 35.4 Å². The molecule has 0 radical (unpaired) electrons. The van der Waals surface area contributed by atoms with Crippen molar-refractivity contribution in [3.8, 4) is 0 Å². The highest BCUT2D eigenvalue weighted by molar-refractivity contribution is 5.80. The average molecular weight is 234 g/mol. The summed E-state index contributed by atoms with van der Waals surface area (Å²) < 4.78 is 0. The fraction of sp³-hybridized carbons (Fsp3) is 0.533. The molecule has 0 saturated heterocycles. The SMILES string of the molecule is CC(C)CCc1ccc(C(C)(C)C(=O)O)cc1. The molecule has 0 saturated carbocycles. The van der Waals surface area contributed by atoms with Crippen LogP contribution in [0.2, 0.25) is 0 Å². The molecular formula is C15H22O2. The third-order valence-electron chi connectivity index (χ3n) is 3.22. The predicted octanol–water partition coefficient (Wildman–Crippen LogP) is 3.64. The van der Waals surface area contributed by atoms with Crippen LogP contribution in [0.3, 0.4) is 0 Å². The maximum Gasteiger partial charge on any atom is 0.313 e. The zero-order valence-corrected chi connectivity index (χ0v) is 11.2. The Balaban J connectivity index is 2.78. The first kappa shape index (κ1) is 13.8. The first-order valence-electron chi connectivity index (χ1n) is 6.17. The number of hydrogen-bond donors (Lipinski definition) is 1. The van der Waals surface area contributed by atoms with E-state index >= 15 is 0 Å². The van der Waals surface area contributed by atoms with Crippen LogP contribution in [0.4, 0.5) is 0 Å². The van der Waals surface area contributed by atoms with E-state index in [1.807, 2.05) is 24.3 Å². The number of carboxylic acid groups (broad SMARTS) is 1. The molecule has 0 amide bonds. The molecule has 2 heteroatoms. The van der Waals surface area contributed by atoms with Crippen LogP contribution in [0, 0.1) is 5.92 Å². The van der Waals surface area contributed by atoms with Gasteiger partial charge < -0.3 is 5.11 Å². The minimum absolute atomic E-state index is 0.699. The summed E-state index contributed by atoms with van der Waals surface area (Å²) in [6.07, 6.45) is 2.23. The van der Waals surface area contributed by atoms with Crippen LogP contribution >= 0.6 is 0 Å². The van der Waals surface area contributed by atoms with Crippen LogP contribution in [-0.2, 0) is 16.6 Å². The maximum atomic E-state index is 11.1. The zero-order valence-electron chi connectivity index (χ0n) is 11.2. The Morgan fingerprint density at radius 2 is 1.76 bits per heavy atom. The highest BCUT2D eigenvalue weighted by Gasteiger charge is 2.28. The third kappa shape index (κ3) is 3.58. The Labute approximate surface area is 104 Å². The van der Waals surface area contributed by atoms with Gasteiger partial charge in [0.2, 0.25) is 0 Å². The van der Waals surface area contributed by atoms with Gasteiger partial charge in [-0.15, -0.1) is 0 Å². The van der Waals surface area contributed by atoms with Gasteiger partial charge in [-0.3, -0.25) is 4.79 Å². The lowest BCUT2D eigenvalue weighted by molar-refractivity contribution is -0.142. The normalized spacial score (nSPS) is 11.8. The van der Waals surface area contributed by atoms with Gasteiger partial charge in [0, 0.05) is 0 Å². The Hall–Kier alpha value is -1.31. The molecule has 1 N–H and O–H groups in total. The van der Waals surface area contributed by atoms with Gasteiger partial charge in [-0.05, 0) is 43.7 Å². The monoisotopic (exact) mass is 234 g/mol. The molecule has 0 bridgehead atoms. The number of aryl methyl sites for hydroxylation is 1. The van der Waals surface area contributed by atoms with Crippen molar-refractivity contribution >= 4 is 5.97 Å². The topological polar surface area (TPSA) is 37.3 Å². The maximum absolute atomic E-state index is 11.1. The minimum Gasteiger partial charge on any atom is -0.481 e. The molecule has 0 aliphatic heterocycles. The number of hydrogen-bond acceptors (Lipinski definition) is 1. The van der Waals surface area contributed by atoms with Crippen LogP contribution in [0.15, 0.2) is 24.3 Å². The van der Waals surface area contributed by atoms with E-state index < -0.39 is 11.4 Å². The van der Waals surface area contributed by atoms with Crippen molar-refractivity contribution in [2.24, 2.45) is 5.92 Å². The molecule has 0 aromatic heterocycles. The number of benzene rings is 1. The number of carboxylic acids is 1. The Kier molecular flexibility index (Phi) is 4.33. The van der Waals surface area contributed by atoms with Crippen LogP contribution < -0.4 is 0 Å². The van der Waals surface area contributed by atoms with Crippen LogP contribution in [-0.4, -0.2) is 11.1 Å². The predicted molar refractivity (Wildman–Crippen MR) is 70.3 cm³/mol. The van der Waals surface area contributed by atoms with E-state index in [-0.39, 0.29) is 0 Å². The molecule has 0 fully saturated rings. The van der Waals surface area contributed by atoms with E-state index in [0.717, 1.165) is 12.0 Å². The summed E-state index contributed by atoms with van der Waals surface area (Å²) >= 11 is 0. The zero-order chi connectivity index (χ0) is 13.1. The summed E-state index contributed by atoms with van der Waals surface area (Å²) in [5.41, 5.74) is 1.33. The van der Waals surface area contributed by atoms with E-state index in [1.165, 1.54) is 12.0 Å². The fourth-order valence-electron chi connectivity index (χ4n) is 1.67. The van der Waals surface area contributed by atoms with E-state index in [0.29, 0.717) is 5.92 Å². The van der Waals surface area contributed by atoms with Crippen molar-refractivity contribution in [1.29, 1.82) is 0 Å². The molecular weight excluding hydrogens is 212 g/mol. The number of carbonyl (C=O) groups is 1. The lowest BCUT2D eigenvalue weighted by Gasteiger charge is -2.19. The van der Waals surface area contributed by atoms with Crippen molar-refractivity contribution in [3.63, 3.8) is 0 Å². The lowest BCUT2D eigenvalue weighted by Crippen LogP contribution is -2.28. The molecule has 0 unspecified atom stereocenters. The Bertz CT molecular complexity index is 374. The summed E-state index contributed by atoms with van der Waals surface area (Å²) in [5.74, 6) is -0.0856. The molecule has 0 heterocycles. The van der Waals surface area contributed by atoms with Crippen molar-refractivity contribution in [2.75, 3.05) is 0 Å². The highest BCUT2D eigenvalue weighted by atomic mass is 16.4. The Morgan fingerprint density at radius 1 is 1.24 bits per heavy atom. The second-order valence-corrected chi connectivity index (χ2v) is 5.56. The highest BCUT2D eigenvalue weighted by Crippen LogP contribution is 2.24. The molecule has 1 rings (SSSR count). The van der Waals surface area contributed by atoms with Gasteiger partial charge in [0.15, 0.2) is 0 Å². The molecule has 0 spiro atoms. The number of rotatable bonds is 5. The molecule has 2 nitrogen and oxygen atoms in total. The molecule has 17 heavy (non-hydrogen) atoms. The second kappa shape index (κ2) is 5.35. The fourth-order valence-corrected chi connectivity index (χ4v) is 1.67. The smallest absolute Gasteiger partial charge is 0.313 e. The molecule has 0 aliphatic rings. The van der Waals surface area contributed by atoms with Crippen LogP contribution in [0.1, 0.15) is 45.2 Å². The van der Waals surface area contributed by atoms with Gasteiger partial charge in [0.1, 0.15) is 0 Å². The minimum atomic E-state index is -0.809. The average Bonchev–Trinajstić information content (AvgIpc) is 2.26. The van der Waals surface area contributed by atoms with Crippen LogP contribution in [0.25, 0.3) is 0 Å². The largest absolute Gasteiger partial charge is 0.481 e. The lowest BCUT2D eigenvalue weighted by atomic mass is 9.84. The van der Waals surface area contributed by atoms with Gasteiger partial charge in [0.05, 0.1) is 5.41 Å². The van der Waals surface area contributed by atoms with E-state index in [2.05, 4.69) is 13.8 Å². The summed E-state index contributed by atoms with van der Waals surface area (Å²) in [6.45, 7) is 7.89. The first-order chi connectivity index (χ1) is 7.84. The van der Waals surface area contributed by atoms with E-state index in [9.17, 15) is 4.79 Å². The molecule has 0 aliphatic carbocycles. The van der Waals surface area contributed by atoms with Crippen molar-refractivity contribution in [2.45, 2.75) is 46.0 Å². The van der Waals surface area contributed by atoms with Crippen molar-refractivity contribution < 1.29 is 9.90 Å². The van der Waals surface area contributed by atoms with Gasteiger partial charge in [-0.1, -0.05) is 38.1 Å². The number of aliphatic carboxylic acids is 1. The first-order valence-corrected chi connectivity index (χ1v) is 6.17. The Morgan fingerprint density at radius 3 is 2.18 bits per heavy atom. The molecule has 1 aromatic carbocycles. The van der Waals surface area contributed by atoms with Gasteiger partial charge in [-0.2, -0.15) is 0 Å². The molecule has 0 atom stereocenters. The van der Waals surface area contributed by atoms with Crippen LogP contribution in [0.5, 0.6) is 0 Å². The summed E-state index contributed by atoms with van der Waals surface area (Å²) in [7, 11) is 0. The van der Waals surface area contributed by atoms with Crippen molar-refractivity contribution in [1.82, 2.24) is 0 Å². The quantitative estimate of drug-likeness (QED) is 0.844. The standard InChI is InChI=1S/C15H22O2/c1-11(2)5-6-12-7-9-13(10-8-12)15(3,4)14(16)17/h7-11H,5-6H2,1-4H3,(H,16,17). The van der Waals surface area contributed by atoms with E-state index in [4.69, 9.17) is 5.11 Å². The van der Waals surface area contributed by atoms with E-state index in [1.54, 1.807) is 13.8 Å². The molecule has 1 aromatic rings.